The van der Waals surface area contributed by atoms with Gasteiger partial charge in [0.1, 0.15) is 11.6 Å². The number of hydrogen-bond donors (Lipinski definition) is 3. The quantitative estimate of drug-likeness (QED) is 0.375. The number of para-hydroxylation sites is 1. The maximum atomic E-state index is 12.4. The number of anilines is 5. The van der Waals surface area contributed by atoms with Crippen LogP contribution in [0, 0.1) is 0 Å². The van der Waals surface area contributed by atoms with Crippen molar-refractivity contribution in [3.8, 4) is 11.1 Å². The van der Waals surface area contributed by atoms with Crippen molar-refractivity contribution < 1.29 is 4.79 Å². The van der Waals surface area contributed by atoms with E-state index in [1.54, 1.807) is 12.4 Å². The van der Waals surface area contributed by atoms with Gasteiger partial charge in [-0.15, -0.1) is 0 Å². The Bertz CT molecular complexity index is 1190. The van der Waals surface area contributed by atoms with Gasteiger partial charge in [-0.2, -0.15) is 0 Å². The Morgan fingerprint density at radius 2 is 1.34 bits per heavy atom. The molecule has 0 saturated carbocycles. The summed E-state index contributed by atoms with van der Waals surface area (Å²) in [5, 5.41) is 8.90. The lowest BCUT2D eigenvalue weighted by Gasteiger charge is -2.13. The lowest BCUT2D eigenvalue weighted by molar-refractivity contribution is 0.262. The highest BCUT2D eigenvalue weighted by atomic mass is 16.2. The summed E-state index contributed by atoms with van der Waals surface area (Å²) < 4.78 is 0. The number of nitrogens with one attached hydrogen (secondary N) is 3. The highest BCUT2D eigenvalue weighted by Gasteiger charge is 2.07. The van der Waals surface area contributed by atoms with E-state index >= 15 is 0 Å². The lowest BCUT2D eigenvalue weighted by Crippen LogP contribution is -2.20. The molecule has 0 saturated heterocycles. The first-order chi connectivity index (χ1) is 15.6. The van der Waals surface area contributed by atoms with Crippen molar-refractivity contribution in [2.24, 2.45) is 0 Å². The highest BCUT2D eigenvalue weighted by molar-refractivity contribution is 5.99. The molecule has 0 aliphatic carbocycles. The number of carbonyl (C=O) groups excluding carboxylic acids is 1. The molecule has 32 heavy (non-hydrogen) atoms. The molecule has 0 aliphatic heterocycles. The molecule has 0 radical (unpaired) electrons. The van der Waals surface area contributed by atoms with E-state index in [1.165, 1.54) is 0 Å². The number of nitrogens with zero attached hydrogens (tertiary/aromatic N) is 3. The second-order valence-electron chi connectivity index (χ2n) is 7.37. The van der Waals surface area contributed by atoms with E-state index in [0.29, 0.717) is 11.5 Å². The van der Waals surface area contributed by atoms with Gasteiger partial charge in [0, 0.05) is 43.6 Å². The standard InChI is InChI=1S/C25H24N6O/c1-31(2)22-10-8-21(9-11-22)29-25(32)30-24-17-19(13-15-27-24)18-12-14-26-23(16-18)28-20-6-4-3-5-7-20/h3-17H,1-2H3,(H,26,28)(H2,27,29,30,32). The Hall–Kier alpha value is -4.39. The average molecular weight is 425 g/mol. The van der Waals surface area contributed by atoms with Gasteiger partial charge in [0.25, 0.3) is 0 Å². The maximum absolute atomic E-state index is 12.4. The first-order valence-corrected chi connectivity index (χ1v) is 10.2. The first-order valence-electron chi connectivity index (χ1n) is 10.2. The van der Waals surface area contributed by atoms with Gasteiger partial charge in [-0.1, -0.05) is 18.2 Å². The van der Waals surface area contributed by atoms with Crippen molar-refractivity contribution >= 4 is 34.7 Å². The molecule has 2 heterocycles. The third-order valence-electron chi connectivity index (χ3n) is 4.78. The van der Waals surface area contributed by atoms with E-state index in [1.807, 2.05) is 97.9 Å². The van der Waals surface area contributed by atoms with Crippen LogP contribution in [0.15, 0.2) is 91.3 Å². The number of amides is 2. The van der Waals surface area contributed by atoms with Crippen LogP contribution in [0.25, 0.3) is 11.1 Å². The number of urea groups is 1. The summed E-state index contributed by atoms with van der Waals surface area (Å²) in [6, 6.07) is 24.7. The summed E-state index contributed by atoms with van der Waals surface area (Å²) in [6.07, 6.45) is 3.42. The molecule has 0 atom stereocenters. The molecule has 0 unspecified atom stereocenters. The molecule has 160 valence electrons. The minimum Gasteiger partial charge on any atom is -0.378 e. The highest BCUT2D eigenvalue weighted by Crippen LogP contribution is 2.24. The van der Waals surface area contributed by atoms with Crippen molar-refractivity contribution in [3.05, 3.63) is 91.3 Å². The smallest absolute Gasteiger partial charge is 0.324 e. The normalized spacial score (nSPS) is 10.3. The first kappa shape index (κ1) is 20.9. The van der Waals surface area contributed by atoms with E-state index in [0.717, 1.165) is 28.3 Å². The number of hydrogen-bond acceptors (Lipinski definition) is 5. The molecule has 7 nitrogen and oxygen atoms in total. The van der Waals surface area contributed by atoms with Crippen molar-refractivity contribution in [1.29, 1.82) is 0 Å². The maximum Gasteiger partial charge on any atom is 0.324 e. The molecular formula is C25H24N6O. The van der Waals surface area contributed by atoms with E-state index in [-0.39, 0.29) is 6.03 Å². The van der Waals surface area contributed by atoms with Crippen LogP contribution >= 0.6 is 0 Å². The molecule has 2 aromatic carbocycles. The predicted octanol–water partition coefficient (Wildman–Crippen LogP) is 5.60. The van der Waals surface area contributed by atoms with Gasteiger partial charge < -0.3 is 15.5 Å². The second-order valence-corrected chi connectivity index (χ2v) is 7.37. The third-order valence-corrected chi connectivity index (χ3v) is 4.78. The lowest BCUT2D eigenvalue weighted by atomic mass is 10.1. The largest absolute Gasteiger partial charge is 0.378 e. The summed E-state index contributed by atoms with van der Waals surface area (Å²) in [6.45, 7) is 0. The minimum atomic E-state index is -0.353. The third kappa shape index (κ3) is 5.40. The molecule has 2 amide bonds. The zero-order chi connectivity index (χ0) is 22.3. The summed E-state index contributed by atoms with van der Waals surface area (Å²) >= 11 is 0. The Balaban J connectivity index is 1.44. The van der Waals surface area contributed by atoms with E-state index in [4.69, 9.17) is 0 Å². The molecule has 4 rings (SSSR count). The SMILES string of the molecule is CN(C)c1ccc(NC(=O)Nc2cc(-c3ccnc(Nc4ccccc4)c3)ccn2)cc1. The van der Waals surface area contributed by atoms with Crippen molar-refractivity contribution in [1.82, 2.24) is 9.97 Å². The number of carbonyl (C=O) groups is 1. The monoisotopic (exact) mass is 424 g/mol. The fourth-order valence-electron chi connectivity index (χ4n) is 3.15. The fraction of sp³-hybridized carbons (Fsp3) is 0.0800. The van der Waals surface area contributed by atoms with Gasteiger partial charge in [0.05, 0.1) is 0 Å². The Morgan fingerprint density at radius 1 is 0.719 bits per heavy atom. The van der Waals surface area contributed by atoms with Crippen molar-refractivity contribution in [3.63, 3.8) is 0 Å². The Morgan fingerprint density at radius 3 is 2.00 bits per heavy atom. The summed E-state index contributed by atoms with van der Waals surface area (Å²) in [4.78, 5) is 23.1. The van der Waals surface area contributed by atoms with E-state index in [2.05, 4.69) is 25.9 Å². The topological polar surface area (TPSA) is 82.2 Å². The van der Waals surface area contributed by atoms with Gasteiger partial charge in [0.15, 0.2) is 0 Å². The van der Waals surface area contributed by atoms with Crippen LogP contribution < -0.4 is 20.9 Å². The summed E-state index contributed by atoms with van der Waals surface area (Å²) in [5.41, 5.74) is 4.61. The van der Waals surface area contributed by atoms with Crippen molar-refractivity contribution in [2.75, 3.05) is 34.9 Å². The molecule has 3 N–H and O–H groups in total. The van der Waals surface area contributed by atoms with Crippen molar-refractivity contribution in [2.45, 2.75) is 0 Å². The molecule has 7 heteroatoms. The van der Waals surface area contributed by atoms with Crippen LogP contribution in [0.2, 0.25) is 0 Å². The zero-order valence-corrected chi connectivity index (χ0v) is 17.9. The second kappa shape index (κ2) is 9.61. The minimum absolute atomic E-state index is 0.353. The van der Waals surface area contributed by atoms with Gasteiger partial charge in [0.2, 0.25) is 0 Å². The molecule has 2 aromatic heterocycles. The van der Waals surface area contributed by atoms with E-state index < -0.39 is 0 Å². The Labute approximate surface area is 187 Å². The van der Waals surface area contributed by atoms with Crippen LogP contribution in [0.1, 0.15) is 0 Å². The van der Waals surface area contributed by atoms with Crippen LogP contribution in [-0.4, -0.2) is 30.1 Å². The van der Waals surface area contributed by atoms with E-state index in [9.17, 15) is 4.79 Å². The molecule has 4 aromatic rings. The molecule has 0 bridgehead atoms. The van der Waals surface area contributed by atoms with Gasteiger partial charge in [-0.3, -0.25) is 5.32 Å². The molecule has 0 aliphatic rings. The van der Waals surface area contributed by atoms with Crippen LogP contribution in [0.4, 0.5) is 33.5 Å². The number of pyridine rings is 2. The summed E-state index contributed by atoms with van der Waals surface area (Å²) in [7, 11) is 3.94. The number of aromatic nitrogens is 2. The number of benzene rings is 2. The molecular weight excluding hydrogens is 400 g/mol. The van der Waals surface area contributed by atoms with Gasteiger partial charge >= 0.3 is 6.03 Å². The predicted molar refractivity (Wildman–Crippen MR) is 131 cm³/mol. The average Bonchev–Trinajstić information content (AvgIpc) is 2.80. The number of rotatable bonds is 6. The fourth-order valence-corrected chi connectivity index (χ4v) is 3.15. The van der Waals surface area contributed by atoms with Crippen LogP contribution in [0.3, 0.4) is 0 Å². The zero-order valence-electron chi connectivity index (χ0n) is 17.9. The molecule has 0 spiro atoms. The van der Waals surface area contributed by atoms with Crippen LogP contribution in [0.5, 0.6) is 0 Å². The van der Waals surface area contributed by atoms with Gasteiger partial charge in [-0.05, 0) is 71.8 Å². The summed E-state index contributed by atoms with van der Waals surface area (Å²) in [5.74, 6) is 1.19. The molecule has 0 fully saturated rings. The Kier molecular flexibility index (Phi) is 6.27. The van der Waals surface area contributed by atoms with Crippen LogP contribution in [-0.2, 0) is 0 Å². The van der Waals surface area contributed by atoms with Gasteiger partial charge in [-0.25, -0.2) is 14.8 Å².